The number of unbranched alkanes of at least 4 members (excludes halogenated alkanes) is 1. The number of rotatable bonds is 7. The first-order valence-electron chi connectivity index (χ1n) is 8.10. The Balaban J connectivity index is 2.54. The summed E-state index contributed by atoms with van der Waals surface area (Å²) in [5, 5.41) is 0. The lowest BCUT2D eigenvalue weighted by Gasteiger charge is -2.09. The van der Waals surface area contributed by atoms with Gasteiger partial charge in [-0.3, -0.25) is 9.79 Å². The molecule has 0 spiro atoms. The second-order valence-electron chi connectivity index (χ2n) is 5.44. The highest BCUT2D eigenvalue weighted by atomic mass is 16.5. The van der Waals surface area contributed by atoms with Crippen LogP contribution in [0.15, 0.2) is 40.1 Å². The molecular formula is C19H22N2O4. The van der Waals surface area contributed by atoms with Gasteiger partial charge in [0.15, 0.2) is 5.43 Å². The highest BCUT2D eigenvalue weighted by molar-refractivity contribution is 5.93. The van der Waals surface area contributed by atoms with Gasteiger partial charge in [-0.15, -0.1) is 0 Å². The molecule has 1 N–H and O–H groups in total. The minimum Gasteiger partial charge on any atom is -0.497 e. The summed E-state index contributed by atoms with van der Waals surface area (Å²) in [5.74, 6) is 0.106. The number of hydrogen-bond acceptors (Lipinski definition) is 5. The van der Waals surface area contributed by atoms with Gasteiger partial charge in [-0.2, -0.15) is 0 Å². The molecule has 132 valence electrons. The number of esters is 1. The van der Waals surface area contributed by atoms with Crippen molar-refractivity contribution in [2.75, 3.05) is 20.8 Å². The summed E-state index contributed by atoms with van der Waals surface area (Å²) in [6.45, 7) is 2.73. The second kappa shape index (κ2) is 8.82. The Morgan fingerprint density at radius 1 is 1.24 bits per heavy atom. The zero-order chi connectivity index (χ0) is 18.2. The average molecular weight is 342 g/mol. The van der Waals surface area contributed by atoms with Crippen molar-refractivity contribution in [3.8, 4) is 17.0 Å². The monoisotopic (exact) mass is 342 g/mol. The van der Waals surface area contributed by atoms with Crippen LogP contribution >= 0.6 is 0 Å². The molecule has 1 heterocycles. The van der Waals surface area contributed by atoms with E-state index < -0.39 is 5.97 Å². The molecule has 0 aliphatic carbocycles. The second-order valence-corrected chi connectivity index (χ2v) is 5.44. The van der Waals surface area contributed by atoms with Gasteiger partial charge in [0, 0.05) is 18.8 Å². The summed E-state index contributed by atoms with van der Waals surface area (Å²) >= 11 is 0. The number of aromatic nitrogens is 1. The molecule has 0 unspecified atom stereocenters. The number of H-pyrrole nitrogens is 1. The lowest BCUT2D eigenvalue weighted by atomic mass is 10.0. The highest BCUT2D eigenvalue weighted by Crippen LogP contribution is 2.22. The molecule has 25 heavy (non-hydrogen) atoms. The van der Waals surface area contributed by atoms with Gasteiger partial charge in [0.2, 0.25) is 0 Å². The molecule has 0 saturated heterocycles. The predicted molar refractivity (Wildman–Crippen MR) is 97.8 cm³/mol. The molecule has 2 rings (SSSR count). The van der Waals surface area contributed by atoms with Crippen molar-refractivity contribution in [3.05, 3.63) is 51.8 Å². The molecule has 0 bridgehead atoms. The molecule has 0 aliphatic rings. The lowest BCUT2D eigenvalue weighted by molar-refractivity contribution is 0.0594. The van der Waals surface area contributed by atoms with Crippen molar-refractivity contribution in [1.82, 2.24) is 4.98 Å². The van der Waals surface area contributed by atoms with Crippen LogP contribution in [0.3, 0.4) is 0 Å². The Morgan fingerprint density at radius 2 is 1.96 bits per heavy atom. The van der Waals surface area contributed by atoms with Crippen molar-refractivity contribution < 1.29 is 14.3 Å². The number of ether oxygens (including phenoxy) is 2. The van der Waals surface area contributed by atoms with Crippen LogP contribution in [0.4, 0.5) is 0 Å². The number of aromatic amines is 1. The highest BCUT2D eigenvalue weighted by Gasteiger charge is 2.15. The van der Waals surface area contributed by atoms with E-state index in [0.717, 1.165) is 18.4 Å². The van der Waals surface area contributed by atoms with Gasteiger partial charge in [-0.05, 0) is 36.2 Å². The van der Waals surface area contributed by atoms with E-state index in [4.69, 9.17) is 9.47 Å². The Labute approximate surface area is 146 Å². The molecule has 0 fully saturated rings. The first kappa shape index (κ1) is 18.4. The van der Waals surface area contributed by atoms with Crippen LogP contribution < -0.4 is 10.2 Å². The van der Waals surface area contributed by atoms with Crippen molar-refractivity contribution in [2.24, 2.45) is 4.99 Å². The molecular weight excluding hydrogens is 320 g/mol. The van der Waals surface area contributed by atoms with Crippen LogP contribution in [-0.4, -0.2) is 37.9 Å². The molecule has 0 aliphatic heterocycles. The topological polar surface area (TPSA) is 80.8 Å². The molecule has 0 saturated carbocycles. The van der Waals surface area contributed by atoms with Gasteiger partial charge in [0.1, 0.15) is 11.4 Å². The minimum atomic E-state index is -0.596. The minimum absolute atomic E-state index is 0.101. The Morgan fingerprint density at radius 3 is 2.56 bits per heavy atom. The maximum absolute atomic E-state index is 12.5. The van der Waals surface area contributed by atoms with E-state index in [9.17, 15) is 9.59 Å². The van der Waals surface area contributed by atoms with Gasteiger partial charge in [-0.1, -0.05) is 13.3 Å². The van der Waals surface area contributed by atoms with E-state index in [0.29, 0.717) is 23.6 Å². The third kappa shape index (κ3) is 4.56. The van der Waals surface area contributed by atoms with Crippen LogP contribution in [0.1, 0.15) is 35.8 Å². The van der Waals surface area contributed by atoms with Gasteiger partial charge >= 0.3 is 5.97 Å². The Bertz CT molecular complexity index is 807. The molecule has 1 aromatic carbocycles. The number of hydrogen-bond donors (Lipinski definition) is 1. The fourth-order valence-corrected chi connectivity index (χ4v) is 2.31. The van der Waals surface area contributed by atoms with Crippen molar-refractivity contribution in [1.29, 1.82) is 0 Å². The van der Waals surface area contributed by atoms with E-state index in [1.165, 1.54) is 13.2 Å². The zero-order valence-electron chi connectivity index (χ0n) is 14.7. The van der Waals surface area contributed by atoms with E-state index in [-0.39, 0.29) is 11.1 Å². The Hall–Kier alpha value is -2.89. The maximum atomic E-state index is 12.5. The first-order chi connectivity index (χ1) is 12.1. The van der Waals surface area contributed by atoms with Crippen LogP contribution in [-0.2, 0) is 4.74 Å². The van der Waals surface area contributed by atoms with Gasteiger partial charge in [-0.25, -0.2) is 4.79 Å². The Kier molecular flexibility index (Phi) is 6.51. The van der Waals surface area contributed by atoms with Crippen molar-refractivity contribution >= 4 is 12.2 Å². The third-order valence-electron chi connectivity index (χ3n) is 3.72. The third-order valence-corrected chi connectivity index (χ3v) is 3.72. The van der Waals surface area contributed by atoms with Crippen molar-refractivity contribution in [2.45, 2.75) is 19.8 Å². The number of methoxy groups -OCH3 is 2. The number of nitrogens with one attached hydrogen (secondary N) is 1. The summed E-state index contributed by atoms with van der Waals surface area (Å²) in [4.78, 5) is 31.6. The number of aliphatic imine (C=N–C) groups is 1. The quantitative estimate of drug-likeness (QED) is 0.476. The van der Waals surface area contributed by atoms with Crippen LogP contribution in [0.5, 0.6) is 5.75 Å². The summed E-state index contributed by atoms with van der Waals surface area (Å²) < 4.78 is 9.87. The lowest BCUT2D eigenvalue weighted by Crippen LogP contribution is -2.17. The van der Waals surface area contributed by atoms with E-state index in [1.807, 2.05) is 12.1 Å². The van der Waals surface area contributed by atoms with E-state index in [2.05, 4.69) is 16.9 Å². The first-order valence-corrected chi connectivity index (χ1v) is 8.10. The maximum Gasteiger partial charge on any atom is 0.354 e. The zero-order valence-corrected chi connectivity index (χ0v) is 14.7. The van der Waals surface area contributed by atoms with E-state index in [1.54, 1.807) is 25.5 Å². The summed E-state index contributed by atoms with van der Waals surface area (Å²) in [6, 6.07) is 8.44. The smallest absolute Gasteiger partial charge is 0.354 e. The number of carbonyl (C=O) groups is 1. The average Bonchev–Trinajstić information content (AvgIpc) is 2.65. The van der Waals surface area contributed by atoms with Crippen molar-refractivity contribution in [3.63, 3.8) is 0 Å². The fourth-order valence-electron chi connectivity index (χ4n) is 2.31. The molecule has 1 aromatic heterocycles. The number of pyridine rings is 1. The largest absolute Gasteiger partial charge is 0.497 e. The molecule has 0 atom stereocenters. The molecule has 0 radical (unpaired) electrons. The SMILES string of the molecule is CCCCN=Cc1c(-c2ccc(OC)cc2)[nH]c(C(=O)OC)cc1=O. The standard InChI is InChI=1S/C19H22N2O4/c1-4-5-10-20-12-15-17(22)11-16(19(23)25-3)21-18(15)13-6-8-14(24-2)9-7-13/h6-9,11-12H,4-5,10H2,1-3H3,(H,21,22). The number of benzene rings is 1. The van der Waals surface area contributed by atoms with Crippen LogP contribution in [0, 0.1) is 0 Å². The van der Waals surface area contributed by atoms with Gasteiger partial charge in [0.05, 0.1) is 25.5 Å². The molecule has 6 nitrogen and oxygen atoms in total. The van der Waals surface area contributed by atoms with E-state index >= 15 is 0 Å². The fraction of sp³-hybridized carbons (Fsp3) is 0.316. The summed E-state index contributed by atoms with van der Waals surface area (Å²) in [7, 11) is 2.86. The summed E-state index contributed by atoms with van der Waals surface area (Å²) in [6.07, 6.45) is 3.54. The van der Waals surface area contributed by atoms with Gasteiger partial charge in [0.25, 0.3) is 0 Å². The van der Waals surface area contributed by atoms with Gasteiger partial charge < -0.3 is 14.5 Å². The predicted octanol–water partition coefficient (Wildman–Crippen LogP) is 3.06. The molecule has 0 amide bonds. The van der Waals surface area contributed by atoms with Crippen LogP contribution in [0.2, 0.25) is 0 Å². The van der Waals surface area contributed by atoms with Crippen LogP contribution in [0.25, 0.3) is 11.3 Å². The number of nitrogens with zero attached hydrogens (tertiary/aromatic N) is 1. The molecule has 6 heteroatoms. The summed E-state index contributed by atoms with van der Waals surface area (Å²) in [5.41, 5.74) is 1.50. The number of carbonyl (C=O) groups excluding carboxylic acids is 1. The molecule has 2 aromatic rings. The normalized spacial score (nSPS) is 10.8.